The van der Waals surface area contributed by atoms with Gasteiger partial charge in [-0.25, -0.2) is 0 Å². The monoisotopic (exact) mass is 348 g/mol. The van der Waals surface area contributed by atoms with Gasteiger partial charge in [-0.15, -0.1) is 0 Å². The number of carbonyl (C=O) groups excluding carboxylic acids is 2. The van der Waals surface area contributed by atoms with E-state index in [9.17, 15) is 9.59 Å². The molecule has 1 N–H and O–H groups in total. The first-order valence-electron chi connectivity index (χ1n) is 9.45. The maximum atomic E-state index is 12.9. The van der Waals surface area contributed by atoms with E-state index in [1.54, 1.807) is 0 Å². The molecule has 26 heavy (non-hydrogen) atoms. The smallest absolute Gasteiger partial charge is 0.230 e. The van der Waals surface area contributed by atoms with Crippen LogP contribution in [-0.4, -0.2) is 24.9 Å². The van der Waals surface area contributed by atoms with Crippen LogP contribution in [0.1, 0.15) is 24.0 Å². The second-order valence-corrected chi connectivity index (χ2v) is 7.20. The van der Waals surface area contributed by atoms with Crippen LogP contribution in [0.15, 0.2) is 54.6 Å². The summed E-state index contributed by atoms with van der Waals surface area (Å²) in [5.41, 5.74) is 3.47. The normalized spacial score (nSPS) is 21.0. The van der Waals surface area contributed by atoms with Crippen LogP contribution in [0.5, 0.6) is 0 Å². The van der Waals surface area contributed by atoms with Gasteiger partial charge in [0.05, 0.1) is 11.8 Å². The topological polar surface area (TPSA) is 49.4 Å². The van der Waals surface area contributed by atoms with E-state index in [0.717, 1.165) is 31.5 Å². The van der Waals surface area contributed by atoms with Crippen molar-refractivity contribution in [2.24, 2.45) is 11.8 Å². The molecule has 4 rings (SSSR count). The van der Waals surface area contributed by atoms with Crippen molar-refractivity contribution in [2.45, 2.75) is 25.7 Å². The number of aryl methyl sites for hydroxylation is 1. The Labute approximate surface area is 154 Å². The van der Waals surface area contributed by atoms with Crippen molar-refractivity contribution in [1.82, 2.24) is 5.32 Å². The first-order valence-corrected chi connectivity index (χ1v) is 9.45. The number of hydrogen-bond donors (Lipinski definition) is 1. The van der Waals surface area contributed by atoms with E-state index in [4.69, 9.17) is 0 Å². The summed E-state index contributed by atoms with van der Waals surface area (Å²) < 4.78 is 0. The highest BCUT2D eigenvalue weighted by atomic mass is 16.2. The van der Waals surface area contributed by atoms with E-state index < -0.39 is 0 Å². The van der Waals surface area contributed by atoms with Gasteiger partial charge in [0.2, 0.25) is 11.8 Å². The highest BCUT2D eigenvalue weighted by Gasteiger charge is 2.49. The first kappa shape index (κ1) is 16.8. The Morgan fingerprint density at radius 2 is 1.77 bits per heavy atom. The van der Waals surface area contributed by atoms with Crippen LogP contribution < -0.4 is 10.2 Å². The molecule has 2 atom stereocenters. The molecule has 2 unspecified atom stereocenters. The summed E-state index contributed by atoms with van der Waals surface area (Å²) in [7, 11) is 0. The molecule has 134 valence electrons. The van der Waals surface area contributed by atoms with Gasteiger partial charge in [0.15, 0.2) is 0 Å². The van der Waals surface area contributed by atoms with Gasteiger partial charge in [0, 0.05) is 18.8 Å². The average Bonchev–Trinajstić information content (AvgIpc) is 3.49. The quantitative estimate of drug-likeness (QED) is 0.903. The maximum Gasteiger partial charge on any atom is 0.230 e. The molecule has 2 aromatic carbocycles. The number of anilines is 1. The summed E-state index contributed by atoms with van der Waals surface area (Å²) in [6, 6.07) is 18.2. The summed E-state index contributed by atoms with van der Waals surface area (Å²) in [5.74, 6) is -0.185. The van der Waals surface area contributed by atoms with Crippen molar-refractivity contribution in [3.05, 3.63) is 65.7 Å². The number of amides is 2. The van der Waals surface area contributed by atoms with E-state index >= 15 is 0 Å². The number of benzene rings is 2. The fraction of sp³-hybridized carbons (Fsp3) is 0.364. The molecule has 1 saturated carbocycles. The third-order valence-electron chi connectivity index (χ3n) is 5.38. The molecule has 2 aromatic rings. The molecule has 2 amide bonds. The third kappa shape index (κ3) is 3.50. The lowest BCUT2D eigenvalue weighted by atomic mass is 10.0. The Morgan fingerprint density at radius 1 is 1.00 bits per heavy atom. The van der Waals surface area contributed by atoms with Crippen molar-refractivity contribution >= 4 is 17.5 Å². The van der Waals surface area contributed by atoms with E-state index in [2.05, 4.69) is 23.5 Å². The molecular formula is C22H24N2O2. The van der Waals surface area contributed by atoms with Gasteiger partial charge in [0.25, 0.3) is 0 Å². The van der Waals surface area contributed by atoms with Crippen LogP contribution in [0.4, 0.5) is 5.69 Å². The molecule has 0 aromatic heterocycles. The second-order valence-electron chi connectivity index (χ2n) is 7.20. The SMILES string of the molecule is O=C(NCCc1ccccc1)C1CC1C(=O)N1CCCc2ccccc21. The maximum absolute atomic E-state index is 12.9. The minimum atomic E-state index is -0.160. The summed E-state index contributed by atoms with van der Waals surface area (Å²) in [6.45, 7) is 1.38. The Kier molecular flexibility index (Phi) is 4.74. The lowest BCUT2D eigenvalue weighted by molar-refractivity contribution is -0.126. The number of hydrogen-bond acceptors (Lipinski definition) is 2. The van der Waals surface area contributed by atoms with Crippen LogP contribution >= 0.6 is 0 Å². The van der Waals surface area contributed by atoms with Crippen LogP contribution in [0.2, 0.25) is 0 Å². The summed E-state index contributed by atoms with van der Waals surface area (Å²) >= 11 is 0. The number of fused-ring (bicyclic) bond motifs is 1. The molecule has 0 radical (unpaired) electrons. The van der Waals surface area contributed by atoms with Crippen LogP contribution in [0.3, 0.4) is 0 Å². The lowest BCUT2D eigenvalue weighted by Gasteiger charge is -2.29. The molecule has 4 nitrogen and oxygen atoms in total. The van der Waals surface area contributed by atoms with E-state index in [1.807, 2.05) is 41.3 Å². The van der Waals surface area contributed by atoms with Gasteiger partial charge in [-0.2, -0.15) is 0 Å². The number of nitrogens with one attached hydrogen (secondary N) is 1. The van der Waals surface area contributed by atoms with E-state index in [1.165, 1.54) is 11.1 Å². The summed E-state index contributed by atoms with van der Waals surface area (Å²) in [6.07, 6.45) is 3.50. The van der Waals surface area contributed by atoms with Gasteiger partial charge in [-0.05, 0) is 42.9 Å². The minimum Gasteiger partial charge on any atom is -0.356 e. The molecule has 1 aliphatic heterocycles. The standard InChI is InChI=1S/C22H24N2O2/c25-21(23-13-12-16-7-2-1-3-8-16)18-15-19(18)22(26)24-14-6-10-17-9-4-5-11-20(17)24/h1-5,7-9,11,18-19H,6,10,12-15H2,(H,23,25). The van der Waals surface area contributed by atoms with Crippen molar-refractivity contribution in [1.29, 1.82) is 0 Å². The van der Waals surface area contributed by atoms with E-state index in [-0.39, 0.29) is 23.7 Å². The van der Waals surface area contributed by atoms with Crippen molar-refractivity contribution in [2.75, 3.05) is 18.0 Å². The average molecular weight is 348 g/mol. The number of rotatable bonds is 5. The van der Waals surface area contributed by atoms with Gasteiger partial charge in [-0.3, -0.25) is 9.59 Å². The fourth-order valence-electron chi connectivity index (χ4n) is 3.83. The largest absolute Gasteiger partial charge is 0.356 e. The van der Waals surface area contributed by atoms with Crippen LogP contribution in [-0.2, 0) is 22.4 Å². The Hall–Kier alpha value is -2.62. The third-order valence-corrected chi connectivity index (χ3v) is 5.38. The Morgan fingerprint density at radius 3 is 2.62 bits per heavy atom. The molecular weight excluding hydrogens is 324 g/mol. The van der Waals surface area contributed by atoms with Crippen LogP contribution in [0, 0.1) is 11.8 Å². The van der Waals surface area contributed by atoms with Crippen molar-refractivity contribution in [3.63, 3.8) is 0 Å². The van der Waals surface area contributed by atoms with Gasteiger partial charge < -0.3 is 10.2 Å². The Bertz CT molecular complexity index is 803. The first-order chi connectivity index (χ1) is 12.7. The number of nitrogens with zero attached hydrogens (tertiary/aromatic N) is 1. The zero-order chi connectivity index (χ0) is 17.9. The molecule has 4 heteroatoms. The van der Waals surface area contributed by atoms with Crippen molar-refractivity contribution in [3.8, 4) is 0 Å². The molecule has 1 heterocycles. The second kappa shape index (κ2) is 7.32. The molecule has 1 fully saturated rings. The van der Waals surface area contributed by atoms with Gasteiger partial charge >= 0.3 is 0 Å². The Balaban J connectivity index is 1.31. The predicted octanol–water partition coefficient (Wildman–Crippen LogP) is 2.96. The lowest BCUT2D eigenvalue weighted by Crippen LogP contribution is -2.38. The molecule has 0 bridgehead atoms. The summed E-state index contributed by atoms with van der Waals surface area (Å²) in [5, 5.41) is 2.99. The van der Waals surface area contributed by atoms with Crippen molar-refractivity contribution < 1.29 is 9.59 Å². The van der Waals surface area contributed by atoms with Gasteiger partial charge in [0.1, 0.15) is 0 Å². The zero-order valence-corrected chi connectivity index (χ0v) is 14.9. The number of carbonyl (C=O) groups is 2. The predicted molar refractivity (Wildman–Crippen MR) is 102 cm³/mol. The molecule has 0 spiro atoms. The number of para-hydroxylation sites is 1. The van der Waals surface area contributed by atoms with Gasteiger partial charge in [-0.1, -0.05) is 48.5 Å². The molecule has 1 aliphatic carbocycles. The zero-order valence-electron chi connectivity index (χ0n) is 14.9. The van der Waals surface area contributed by atoms with Crippen LogP contribution in [0.25, 0.3) is 0 Å². The summed E-state index contributed by atoms with van der Waals surface area (Å²) in [4.78, 5) is 27.1. The highest BCUT2D eigenvalue weighted by molar-refractivity contribution is 6.01. The minimum absolute atomic E-state index is 0.0181. The van der Waals surface area contributed by atoms with E-state index in [0.29, 0.717) is 13.0 Å². The highest BCUT2D eigenvalue weighted by Crippen LogP contribution is 2.42. The molecule has 0 saturated heterocycles. The molecule has 2 aliphatic rings. The fourth-order valence-corrected chi connectivity index (χ4v) is 3.83.